The number of hydrogen-bond donors (Lipinski definition) is 1. The van der Waals surface area contributed by atoms with Crippen LogP contribution in [0.15, 0.2) is 28.3 Å². The molecule has 0 spiro atoms. The van der Waals surface area contributed by atoms with Crippen LogP contribution >= 0.6 is 11.6 Å². The zero-order chi connectivity index (χ0) is 10.1. The summed E-state index contributed by atoms with van der Waals surface area (Å²) < 4.78 is 0. The van der Waals surface area contributed by atoms with Crippen molar-refractivity contribution >= 4 is 17.4 Å². The summed E-state index contributed by atoms with van der Waals surface area (Å²) in [6.45, 7) is 4.95. The number of hydrogen-bond acceptors (Lipinski definition) is 1. The molecule has 0 atom stereocenters. The van der Waals surface area contributed by atoms with Crippen molar-refractivity contribution in [2.24, 2.45) is 4.99 Å². The van der Waals surface area contributed by atoms with E-state index in [0.717, 1.165) is 23.8 Å². The second kappa shape index (κ2) is 7.87. The van der Waals surface area contributed by atoms with Crippen LogP contribution in [0.4, 0.5) is 0 Å². The molecule has 0 aliphatic carbocycles. The van der Waals surface area contributed by atoms with E-state index in [1.807, 2.05) is 25.2 Å². The predicted molar refractivity (Wildman–Crippen MR) is 60.4 cm³/mol. The topological polar surface area (TPSA) is 24.4 Å². The Morgan fingerprint density at radius 1 is 1.38 bits per heavy atom. The average molecular weight is 201 g/mol. The highest BCUT2D eigenvalue weighted by Crippen LogP contribution is 2.03. The zero-order valence-corrected chi connectivity index (χ0v) is 9.23. The zero-order valence-electron chi connectivity index (χ0n) is 8.47. The van der Waals surface area contributed by atoms with E-state index < -0.39 is 0 Å². The Hall–Kier alpha value is -0.760. The minimum Gasteiger partial charge on any atom is -0.371 e. The smallest absolute Gasteiger partial charge is 0.120 e. The van der Waals surface area contributed by atoms with Gasteiger partial charge in [-0.1, -0.05) is 24.6 Å². The average Bonchev–Trinajstić information content (AvgIpc) is 2.12. The molecule has 0 aliphatic heterocycles. The molecular weight excluding hydrogens is 184 g/mol. The molecular formula is C10H17ClN2. The molecule has 0 amide bonds. The van der Waals surface area contributed by atoms with Gasteiger partial charge in [-0.15, -0.1) is 0 Å². The Labute approximate surface area is 85.4 Å². The molecule has 74 valence electrons. The third kappa shape index (κ3) is 6.41. The van der Waals surface area contributed by atoms with Crippen LogP contribution in [0.5, 0.6) is 0 Å². The fourth-order valence-electron chi connectivity index (χ4n) is 0.815. The second-order valence-electron chi connectivity index (χ2n) is 2.47. The van der Waals surface area contributed by atoms with E-state index in [-0.39, 0.29) is 0 Å². The van der Waals surface area contributed by atoms with Gasteiger partial charge in [0.25, 0.3) is 0 Å². The molecule has 0 aliphatic rings. The van der Waals surface area contributed by atoms with Crippen LogP contribution in [-0.2, 0) is 0 Å². The van der Waals surface area contributed by atoms with Crippen LogP contribution in [0.2, 0.25) is 0 Å². The quantitative estimate of drug-likeness (QED) is 0.421. The van der Waals surface area contributed by atoms with E-state index in [1.165, 1.54) is 0 Å². The predicted octanol–water partition coefficient (Wildman–Crippen LogP) is 2.71. The van der Waals surface area contributed by atoms with E-state index in [4.69, 9.17) is 11.6 Å². The van der Waals surface area contributed by atoms with Gasteiger partial charge in [0.15, 0.2) is 0 Å². The standard InChI is InChI=1S/C10H17ClN2/c1-4-6-9(11)7-8-10(12-3)13-5-2/h6-8H,4-5H2,1-3H3,(H,12,13)/b8-7-,9-6+. The number of amidine groups is 1. The van der Waals surface area contributed by atoms with Crippen molar-refractivity contribution in [3.05, 3.63) is 23.3 Å². The lowest BCUT2D eigenvalue weighted by atomic mass is 10.3. The summed E-state index contributed by atoms with van der Waals surface area (Å²) in [6, 6.07) is 0. The normalized spacial score (nSPS) is 13.8. The fourth-order valence-corrected chi connectivity index (χ4v) is 1.03. The second-order valence-corrected chi connectivity index (χ2v) is 2.91. The maximum absolute atomic E-state index is 5.87. The van der Waals surface area contributed by atoms with Gasteiger partial charge in [-0.25, -0.2) is 0 Å². The Kier molecular flexibility index (Phi) is 7.41. The first-order valence-corrected chi connectivity index (χ1v) is 4.86. The summed E-state index contributed by atoms with van der Waals surface area (Å²) in [6.07, 6.45) is 6.62. The van der Waals surface area contributed by atoms with E-state index in [1.54, 1.807) is 7.05 Å². The first-order chi connectivity index (χ1) is 6.24. The first kappa shape index (κ1) is 12.2. The molecule has 1 N–H and O–H groups in total. The Bertz CT molecular complexity index is 217. The molecule has 0 aromatic carbocycles. The summed E-state index contributed by atoms with van der Waals surface area (Å²) in [4.78, 5) is 4.04. The summed E-state index contributed by atoms with van der Waals surface area (Å²) in [5.74, 6) is 0.852. The van der Waals surface area contributed by atoms with Crippen LogP contribution < -0.4 is 5.32 Å². The number of nitrogens with one attached hydrogen (secondary N) is 1. The number of rotatable bonds is 4. The van der Waals surface area contributed by atoms with Crippen molar-refractivity contribution in [1.29, 1.82) is 0 Å². The maximum Gasteiger partial charge on any atom is 0.120 e. The van der Waals surface area contributed by atoms with Gasteiger partial charge in [0.05, 0.1) is 0 Å². The fraction of sp³-hybridized carbons (Fsp3) is 0.500. The minimum absolute atomic E-state index is 0.751. The summed E-state index contributed by atoms with van der Waals surface area (Å²) in [5, 5.41) is 3.86. The van der Waals surface area contributed by atoms with Crippen LogP contribution in [0.3, 0.4) is 0 Å². The lowest BCUT2D eigenvalue weighted by molar-refractivity contribution is 0.967. The van der Waals surface area contributed by atoms with Gasteiger partial charge in [-0.2, -0.15) is 0 Å². The molecule has 0 unspecified atom stereocenters. The van der Waals surface area contributed by atoms with Crippen molar-refractivity contribution in [2.75, 3.05) is 13.6 Å². The van der Waals surface area contributed by atoms with Gasteiger partial charge in [-0.05, 0) is 25.5 Å². The highest BCUT2D eigenvalue weighted by Gasteiger charge is 1.88. The van der Waals surface area contributed by atoms with Crippen LogP contribution in [0.25, 0.3) is 0 Å². The molecule has 0 rings (SSSR count). The largest absolute Gasteiger partial charge is 0.371 e. The molecule has 0 aromatic heterocycles. The Morgan fingerprint density at radius 3 is 2.54 bits per heavy atom. The number of nitrogens with zero attached hydrogens (tertiary/aromatic N) is 1. The van der Waals surface area contributed by atoms with E-state index in [9.17, 15) is 0 Å². The number of aliphatic imine (C=N–C) groups is 1. The maximum atomic E-state index is 5.87. The van der Waals surface area contributed by atoms with E-state index in [2.05, 4.69) is 17.2 Å². The highest BCUT2D eigenvalue weighted by molar-refractivity contribution is 6.31. The SMILES string of the molecule is CC/C=C(Cl)\C=C/C(=NC)NCC. The molecule has 0 aromatic rings. The molecule has 0 radical (unpaired) electrons. The number of likely N-dealkylation sites (N-methyl/N-ethyl adjacent to an activating group) is 1. The van der Waals surface area contributed by atoms with Crippen molar-refractivity contribution in [3.8, 4) is 0 Å². The van der Waals surface area contributed by atoms with E-state index >= 15 is 0 Å². The van der Waals surface area contributed by atoms with E-state index in [0.29, 0.717) is 0 Å². The Balaban J connectivity index is 4.15. The monoisotopic (exact) mass is 200 g/mol. The lowest BCUT2D eigenvalue weighted by Gasteiger charge is -2.00. The van der Waals surface area contributed by atoms with Crippen molar-refractivity contribution < 1.29 is 0 Å². The highest BCUT2D eigenvalue weighted by atomic mass is 35.5. The van der Waals surface area contributed by atoms with Gasteiger partial charge in [0.2, 0.25) is 0 Å². The summed E-state index contributed by atoms with van der Waals surface area (Å²) in [5.41, 5.74) is 0. The molecule has 3 heteroatoms. The van der Waals surface area contributed by atoms with Gasteiger partial charge in [0.1, 0.15) is 5.84 Å². The van der Waals surface area contributed by atoms with Gasteiger partial charge in [-0.3, -0.25) is 4.99 Å². The molecule has 2 nitrogen and oxygen atoms in total. The van der Waals surface area contributed by atoms with Gasteiger partial charge < -0.3 is 5.32 Å². The van der Waals surface area contributed by atoms with Crippen LogP contribution in [0.1, 0.15) is 20.3 Å². The molecule has 0 bridgehead atoms. The molecule has 0 saturated carbocycles. The Morgan fingerprint density at radius 2 is 2.08 bits per heavy atom. The van der Waals surface area contributed by atoms with Crippen LogP contribution in [-0.4, -0.2) is 19.4 Å². The minimum atomic E-state index is 0.751. The summed E-state index contributed by atoms with van der Waals surface area (Å²) >= 11 is 5.87. The van der Waals surface area contributed by atoms with Crippen molar-refractivity contribution in [1.82, 2.24) is 5.32 Å². The molecule has 0 fully saturated rings. The number of allylic oxidation sites excluding steroid dienone is 3. The first-order valence-electron chi connectivity index (χ1n) is 4.49. The third-order valence-electron chi connectivity index (χ3n) is 1.40. The van der Waals surface area contributed by atoms with Gasteiger partial charge >= 0.3 is 0 Å². The third-order valence-corrected chi connectivity index (χ3v) is 1.68. The summed E-state index contributed by atoms with van der Waals surface area (Å²) in [7, 11) is 1.75. The lowest BCUT2D eigenvalue weighted by Crippen LogP contribution is -2.20. The molecule has 0 saturated heterocycles. The van der Waals surface area contributed by atoms with Crippen molar-refractivity contribution in [2.45, 2.75) is 20.3 Å². The number of halogens is 1. The molecule has 13 heavy (non-hydrogen) atoms. The van der Waals surface area contributed by atoms with Crippen LogP contribution in [0, 0.1) is 0 Å². The van der Waals surface area contributed by atoms with Crippen molar-refractivity contribution in [3.63, 3.8) is 0 Å². The van der Waals surface area contributed by atoms with Gasteiger partial charge in [0, 0.05) is 18.6 Å². The molecule has 0 heterocycles.